The maximum absolute atomic E-state index is 12.7. The van der Waals surface area contributed by atoms with E-state index in [0.29, 0.717) is 6.54 Å². The number of carbonyl (C=O) groups is 2. The number of carbonyl (C=O) groups excluding carboxylic acids is 2. The summed E-state index contributed by atoms with van der Waals surface area (Å²) in [5.41, 5.74) is 4.41. The Morgan fingerprint density at radius 3 is 2.66 bits per heavy atom. The van der Waals surface area contributed by atoms with E-state index in [1.54, 1.807) is 0 Å². The van der Waals surface area contributed by atoms with Gasteiger partial charge in [-0.2, -0.15) is 0 Å². The molecule has 29 heavy (non-hydrogen) atoms. The molecule has 1 aromatic carbocycles. The van der Waals surface area contributed by atoms with E-state index in [4.69, 9.17) is 4.74 Å². The Morgan fingerprint density at radius 2 is 1.79 bits per heavy atom. The van der Waals surface area contributed by atoms with E-state index in [0.717, 1.165) is 58.3 Å². The van der Waals surface area contributed by atoms with Crippen molar-refractivity contribution in [1.29, 1.82) is 0 Å². The van der Waals surface area contributed by atoms with Crippen molar-refractivity contribution in [3.63, 3.8) is 0 Å². The highest BCUT2D eigenvalue weighted by Crippen LogP contribution is 2.33. The van der Waals surface area contributed by atoms with Gasteiger partial charge >= 0.3 is 5.97 Å². The topological polar surface area (TPSA) is 49.9 Å². The van der Waals surface area contributed by atoms with Crippen molar-refractivity contribution in [2.45, 2.75) is 64.0 Å². The number of amides is 1. The van der Waals surface area contributed by atoms with Crippen molar-refractivity contribution in [2.24, 2.45) is 11.8 Å². The van der Waals surface area contributed by atoms with Crippen molar-refractivity contribution < 1.29 is 14.3 Å². The van der Waals surface area contributed by atoms with Gasteiger partial charge < -0.3 is 9.64 Å². The van der Waals surface area contributed by atoms with Gasteiger partial charge in [-0.25, -0.2) is 0 Å². The van der Waals surface area contributed by atoms with Crippen molar-refractivity contribution in [1.82, 2.24) is 9.80 Å². The molecule has 0 aromatic heterocycles. The first-order valence-electron chi connectivity index (χ1n) is 11.5. The number of piperidine rings is 1. The number of nitrogens with zero attached hydrogens (tertiary/aromatic N) is 2. The Labute approximate surface area is 173 Å². The van der Waals surface area contributed by atoms with Gasteiger partial charge in [0.2, 0.25) is 5.91 Å². The van der Waals surface area contributed by atoms with E-state index in [1.165, 1.54) is 36.0 Å². The maximum atomic E-state index is 12.7. The average Bonchev–Trinajstić information content (AvgIpc) is 3.33. The van der Waals surface area contributed by atoms with Gasteiger partial charge in [-0.05, 0) is 68.1 Å². The normalized spacial score (nSPS) is 27.1. The molecule has 1 amide bonds. The average molecular weight is 397 g/mol. The summed E-state index contributed by atoms with van der Waals surface area (Å²) in [5, 5.41) is 0. The first-order valence-corrected chi connectivity index (χ1v) is 11.5. The van der Waals surface area contributed by atoms with Crippen LogP contribution in [0.4, 0.5) is 0 Å². The van der Waals surface area contributed by atoms with Gasteiger partial charge in [0, 0.05) is 38.6 Å². The molecule has 2 aliphatic carbocycles. The van der Waals surface area contributed by atoms with Crippen LogP contribution in [0.2, 0.25) is 0 Å². The van der Waals surface area contributed by atoms with Gasteiger partial charge in [0.25, 0.3) is 0 Å². The summed E-state index contributed by atoms with van der Waals surface area (Å²) < 4.78 is 5.88. The molecule has 0 unspecified atom stereocenters. The van der Waals surface area contributed by atoms with Crippen LogP contribution in [0.5, 0.6) is 0 Å². The Hall–Kier alpha value is -1.88. The van der Waals surface area contributed by atoms with Crippen LogP contribution < -0.4 is 0 Å². The van der Waals surface area contributed by atoms with Gasteiger partial charge in [-0.15, -0.1) is 0 Å². The van der Waals surface area contributed by atoms with E-state index in [9.17, 15) is 9.59 Å². The lowest BCUT2D eigenvalue weighted by molar-refractivity contribution is -0.156. The minimum absolute atomic E-state index is 0.00793. The monoisotopic (exact) mass is 396 g/mol. The second-order valence-electron chi connectivity index (χ2n) is 9.44. The van der Waals surface area contributed by atoms with Gasteiger partial charge in [-0.3, -0.25) is 14.5 Å². The molecular weight excluding hydrogens is 364 g/mol. The minimum Gasteiger partial charge on any atom is -0.461 e. The Kier molecular flexibility index (Phi) is 5.33. The third kappa shape index (κ3) is 4.35. The molecule has 156 valence electrons. The third-order valence-electron chi connectivity index (χ3n) is 7.07. The molecule has 4 aliphatic rings. The molecule has 0 radical (unpaired) electrons. The lowest BCUT2D eigenvalue weighted by Gasteiger charge is -2.32. The second-order valence-corrected chi connectivity index (χ2v) is 9.44. The van der Waals surface area contributed by atoms with Crippen LogP contribution in [0, 0.1) is 11.8 Å². The largest absolute Gasteiger partial charge is 0.461 e. The fourth-order valence-electron chi connectivity index (χ4n) is 5.24. The number of fused-ring (bicyclic) bond motifs is 1. The Bertz CT molecular complexity index is 788. The molecule has 5 rings (SSSR count). The quantitative estimate of drug-likeness (QED) is 0.718. The number of likely N-dealkylation sites (tertiary alicyclic amines) is 2. The molecule has 2 heterocycles. The highest BCUT2D eigenvalue weighted by atomic mass is 16.5. The van der Waals surface area contributed by atoms with Crippen LogP contribution in [-0.2, 0) is 33.7 Å². The summed E-state index contributed by atoms with van der Waals surface area (Å²) in [6, 6.07) is 6.93. The molecule has 2 atom stereocenters. The minimum atomic E-state index is -0.141. The highest BCUT2D eigenvalue weighted by molar-refractivity contribution is 5.82. The Balaban J connectivity index is 1.11. The van der Waals surface area contributed by atoms with Crippen LogP contribution in [0.3, 0.4) is 0 Å². The molecule has 5 nitrogen and oxygen atoms in total. The van der Waals surface area contributed by atoms with E-state index in [1.807, 2.05) is 4.90 Å². The number of rotatable bonds is 5. The second kappa shape index (κ2) is 8.10. The molecule has 1 saturated carbocycles. The first kappa shape index (κ1) is 19.1. The molecule has 0 bridgehead atoms. The number of ether oxygens (including phenoxy) is 1. The fraction of sp³-hybridized carbons (Fsp3) is 0.667. The van der Waals surface area contributed by atoms with Crippen LogP contribution in [-0.4, -0.2) is 54.0 Å². The smallest absolute Gasteiger partial charge is 0.311 e. The van der Waals surface area contributed by atoms with Crippen LogP contribution in [0.15, 0.2) is 18.2 Å². The van der Waals surface area contributed by atoms with Gasteiger partial charge in [-0.1, -0.05) is 18.2 Å². The zero-order valence-electron chi connectivity index (χ0n) is 17.3. The number of hydrogen-bond acceptors (Lipinski definition) is 4. The Morgan fingerprint density at radius 1 is 0.931 bits per heavy atom. The molecule has 0 N–H and O–H groups in total. The number of benzene rings is 1. The standard InChI is InChI=1S/C24H32N2O3/c27-23(19-8-9-19)26-11-2-5-21(15-26)24(28)29-22-10-12-25(16-22)14-17-6-7-18-3-1-4-20(18)13-17/h6-7,13,19,21-22H,1-5,8-12,14-16H2/t21-,22+/m1/s1. The predicted molar refractivity (Wildman–Crippen MR) is 110 cm³/mol. The number of hydrogen-bond donors (Lipinski definition) is 0. The zero-order chi connectivity index (χ0) is 19.8. The molecule has 2 saturated heterocycles. The summed E-state index contributed by atoms with van der Waals surface area (Å²) in [6.45, 7) is 4.09. The van der Waals surface area contributed by atoms with Gasteiger partial charge in [0.05, 0.1) is 5.92 Å². The lowest BCUT2D eigenvalue weighted by Crippen LogP contribution is -2.44. The molecule has 3 fully saturated rings. The van der Waals surface area contributed by atoms with Crippen LogP contribution in [0.1, 0.15) is 55.2 Å². The number of aryl methyl sites for hydroxylation is 2. The summed E-state index contributed by atoms with van der Waals surface area (Å²) in [6.07, 6.45) is 8.42. The lowest BCUT2D eigenvalue weighted by atomic mass is 9.97. The SMILES string of the molecule is O=C(O[C@H]1CCN(Cc2ccc3c(c2)CCC3)C1)[C@@H]1CCCN(C(=O)C2CC2)C1. The van der Waals surface area contributed by atoms with E-state index < -0.39 is 0 Å². The zero-order valence-corrected chi connectivity index (χ0v) is 17.3. The van der Waals surface area contributed by atoms with Crippen molar-refractivity contribution in [3.05, 3.63) is 34.9 Å². The molecule has 0 spiro atoms. The van der Waals surface area contributed by atoms with Gasteiger partial charge in [0.1, 0.15) is 6.10 Å². The number of esters is 1. The molecular formula is C24H32N2O3. The summed E-state index contributed by atoms with van der Waals surface area (Å²) in [4.78, 5) is 29.4. The first-order chi connectivity index (χ1) is 14.2. The van der Waals surface area contributed by atoms with Crippen molar-refractivity contribution in [3.8, 4) is 0 Å². The third-order valence-corrected chi connectivity index (χ3v) is 7.07. The molecule has 1 aromatic rings. The van der Waals surface area contributed by atoms with Crippen molar-refractivity contribution in [2.75, 3.05) is 26.2 Å². The van der Waals surface area contributed by atoms with Crippen LogP contribution >= 0.6 is 0 Å². The summed E-state index contributed by atoms with van der Waals surface area (Å²) in [5.74, 6) is 0.246. The maximum Gasteiger partial charge on any atom is 0.311 e. The molecule has 5 heteroatoms. The van der Waals surface area contributed by atoms with E-state index in [-0.39, 0.29) is 29.8 Å². The van der Waals surface area contributed by atoms with Crippen LogP contribution in [0.25, 0.3) is 0 Å². The highest BCUT2D eigenvalue weighted by Gasteiger charge is 2.38. The summed E-state index contributed by atoms with van der Waals surface area (Å²) in [7, 11) is 0. The summed E-state index contributed by atoms with van der Waals surface area (Å²) >= 11 is 0. The predicted octanol–water partition coefficient (Wildman–Crippen LogP) is 2.94. The van der Waals surface area contributed by atoms with E-state index >= 15 is 0 Å². The van der Waals surface area contributed by atoms with Crippen molar-refractivity contribution >= 4 is 11.9 Å². The van der Waals surface area contributed by atoms with Gasteiger partial charge in [0.15, 0.2) is 0 Å². The molecule has 2 aliphatic heterocycles. The van der Waals surface area contributed by atoms with E-state index in [2.05, 4.69) is 23.1 Å². The fourth-order valence-corrected chi connectivity index (χ4v) is 5.24.